The van der Waals surface area contributed by atoms with Crippen LogP contribution in [0.25, 0.3) is 16.5 Å². The Morgan fingerprint density at radius 3 is 2.58 bits per heavy atom. The molecular formula is C20H25N5O. The van der Waals surface area contributed by atoms with E-state index in [-0.39, 0.29) is 12.5 Å². The van der Waals surface area contributed by atoms with Gasteiger partial charge in [-0.25, -0.2) is 9.67 Å². The van der Waals surface area contributed by atoms with Crippen molar-refractivity contribution in [2.45, 2.75) is 32.7 Å². The predicted molar refractivity (Wildman–Crippen MR) is 103 cm³/mol. The van der Waals surface area contributed by atoms with Gasteiger partial charge in [0, 0.05) is 0 Å². The van der Waals surface area contributed by atoms with Crippen LogP contribution in [0, 0.1) is 0 Å². The van der Waals surface area contributed by atoms with E-state index in [1.54, 1.807) is 0 Å². The van der Waals surface area contributed by atoms with E-state index in [0.29, 0.717) is 5.82 Å². The molecule has 2 N–H and O–H groups in total. The van der Waals surface area contributed by atoms with Gasteiger partial charge < -0.3 is 5.73 Å². The van der Waals surface area contributed by atoms with Gasteiger partial charge in [-0.3, -0.25) is 9.69 Å². The number of hydrogen-bond acceptors (Lipinski definition) is 4. The number of benzene rings is 2. The van der Waals surface area contributed by atoms with Gasteiger partial charge in [0.1, 0.15) is 5.82 Å². The van der Waals surface area contributed by atoms with E-state index in [4.69, 9.17) is 5.73 Å². The van der Waals surface area contributed by atoms with Crippen LogP contribution in [0.3, 0.4) is 0 Å². The summed E-state index contributed by atoms with van der Waals surface area (Å²) in [6, 6.07) is 14.5. The van der Waals surface area contributed by atoms with E-state index in [0.717, 1.165) is 29.9 Å². The van der Waals surface area contributed by atoms with Gasteiger partial charge in [-0.15, -0.1) is 0 Å². The van der Waals surface area contributed by atoms with Crippen molar-refractivity contribution in [2.75, 3.05) is 13.6 Å². The number of carbonyl (C=O) groups excluding carboxylic acids is 1. The summed E-state index contributed by atoms with van der Waals surface area (Å²) < 4.78 is 1.85. The van der Waals surface area contributed by atoms with Crippen LogP contribution in [0.15, 0.2) is 42.5 Å². The summed E-state index contributed by atoms with van der Waals surface area (Å²) in [4.78, 5) is 18.2. The number of carbonyl (C=O) groups is 1. The van der Waals surface area contributed by atoms with Crippen LogP contribution in [0.2, 0.25) is 0 Å². The quantitative estimate of drug-likeness (QED) is 0.710. The maximum Gasteiger partial charge on any atom is 0.225 e. The molecule has 6 heteroatoms. The highest BCUT2D eigenvalue weighted by Gasteiger charge is 2.23. The van der Waals surface area contributed by atoms with Crippen LogP contribution in [-0.2, 0) is 11.2 Å². The van der Waals surface area contributed by atoms with Crippen molar-refractivity contribution in [1.29, 1.82) is 0 Å². The maximum absolute atomic E-state index is 11.4. The largest absolute Gasteiger partial charge is 0.369 e. The minimum absolute atomic E-state index is 0.0415. The molecule has 1 unspecified atom stereocenters. The second-order valence-electron chi connectivity index (χ2n) is 6.47. The highest BCUT2D eigenvalue weighted by atomic mass is 16.1. The monoisotopic (exact) mass is 351 g/mol. The number of rotatable bonds is 7. The molecule has 0 saturated carbocycles. The number of amides is 1. The average Bonchev–Trinajstić information content (AvgIpc) is 3.04. The third-order valence-electron chi connectivity index (χ3n) is 4.70. The van der Waals surface area contributed by atoms with Crippen LogP contribution >= 0.6 is 0 Å². The van der Waals surface area contributed by atoms with Crippen molar-refractivity contribution >= 4 is 16.7 Å². The molecule has 1 aromatic heterocycles. The highest BCUT2D eigenvalue weighted by Crippen LogP contribution is 2.25. The third kappa shape index (κ3) is 3.60. The predicted octanol–water partition coefficient (Wildman–Crippen LogP) is 2.85. The summed E-state index contributed by atoms with van der Waals surface area (Å²) in [6.07, 6.45) is 0.937. The molecule has 1 amide bonds. The molecule has 26 heavy (non-hydrogen) atoms. The van der Waals surface area contributed by atoms with Gasteiger partial charge >= 0.3 is 0 Å². The van der Waals surface area contributed by atoms with Crippen LogP contribution in [0.1, 0.15) is 38.0 Å². The Hall–Kier alpha value is -2.73. The topological polar surface area (TPSA) is 77.0 Å². The molecule has 2 aromatic carbocycles. The van der Waals surface area contributed by atoms with Gasteiger partial charge in [-0.2, -0.15) is 5.10 Å². The van der Waals surface area contributed by atoms with Gasteiger partial charge in [0.25, 0.3) is 0 Å². The third-order valence-corrected chi connectivity index (χ3v) is 4.70. The first-order valence-electron chi connectivity index (χ1n) is 8.97. The van der Waals surface area contributed by atoms with E-state index in [9.17, 15) is 4.79 Å². The van der Waals surface area contributed by atoms with Crippen molar-refractivity contribution < 1.29 is 4.79 Å². The standard InChI is InChI=1S/C20H25N5O/c1-4-17(24(3)5-2)20-22-19(13-18(21)26)23-25(20)16-11-10-14-8-6-7-9-15(14)12-16/h6-12,17H,4-5,13H2,1-3H3,(H2,21,26). The molecule has 3 aromatic rings. The zero-order valence-corrected chi connectivity index (χ0v) is 15.5. The van der Waals surface area contributed by atoms with Crippen LogP contribution < -0.4 is 5.73 Å². The molecule has 6 nitrogen and oxygen atoms in total. The van der Waals surface area contributed by atoms with E-state index >= 15 is 0 Å². The Labute approximate surface area is 153 Å². The lowest BCUT2D eigenvalue weighted by Crippen LogP contribution is -2.26. The Kier molecular flexibility index (Phi) is 5.32. The van der Waals surface area contributed by atoms with Crippen LogP contribution in [0.5, 0.6) is 0 Å². The van der Waals surface area contributed by atoms with Gasteiger partial charge in [0.05, 0.1) is 18.2 Å². The number of fused-ring (bicyclic) bond motifs is 1. The smallest absolute Gasteiger partial charge is 0.225 e. The second kappa shape index (κ2) is 7.66. The Balaban J connectivity index is 2.13. The van der Waals surface area contributed by atoms with Gasteiger partial charge in [0.15, 0.2) is 5.82 Å². The van der Waals surface area contributed by atoms with Crippen LogP contribution in [-0.4, -0.2) is 39.2 Å². The molecule has 0 fully saturated rings. The Bertz CT molecular complexity index is 917. The first kappa shape index (κ1) is 18.1. The van der Waals surface area contributed by atoms with Gasteiger partial charge in [0.2, 0.25) is 5.91 Å². The fourth-order valence-corrected chi connectivity index (χ4v) is 3.23. The summed E-state index contributed by atoms with van der Waals surface area (Å²) in [5.41, 5.74) is 6.29. The lowest BCUT2D eigenvalue weighted by molar-refractivity contribution is -0.117. The Morgan fingerprint density at radius 2 is 1.92 bits per heavy atom. The molecule has 0 radical (unpaired) electrons. The number of primary amides is 1. The minimum atomic E-state index is -0.427. The van der Waals surface area contributed by atoms with E-state index < -0.39 is 5.91 Å². The first-order chi connectivity index (χ1) is 12.5. The van der Waals surface area contributed by atoms with Crippen molar-refractivity contribution in [3.05, 3.63) is 54.1 Å². The van der Waals surface area contributed by atoms with Crippen molar-refractivity contribution in [2.24, 2.45) is 5.73 Å². The minimum Gasteiger partial charge on any atom is -0.369 e. The normalized spacial score (nSPS) is 12.6. The molecular weight excluding hydrogens is 326 g/mol. The average molecular weight is 351 g/mol. The zero-order chi connectivity index (χ0) is 18.7. The fourth-order valence-electron chi connectivity index (χ4n) is 3.23. The molecule has 0 aliphatic carbocycles. The maximum atomic E-state index is 11.4. The Morgan fingerprint density at radius 1 is 1.19 bits per heavy atom. The highest BCUT2D eigenvalue weighted by molar-refractivity contribution is 5.84. The summed E-state index contributed by atoms with van der Waals surface area (Å²) >= 11 is 0. The van der Waals surface area contributed by atoms with Crippen LogP contribution in [0.4, 0.5) is 0 Å². The molecule has 0 aliphatic heterocycles. The number of nitrogens with zero attached hydrogens (tertiary/aromatic N) is 4. The molecule has 1 heterocycles. The second-order valence-corrected chi connectivity index (χ2v) is 6.47. The SMILES string of the molecule is CCC(c1nc(CC(N)=O)nn1-c1ccc2ccccc2c1)N(C)CC. The summed E-state index contributed by atoms with van der Waals surface area (Å²) in [5.74, 6) is 0.871. The summed E-state index contributed by atoms with van der Waals surface area (Å²) in [7, 11) is 2.07. The van der Waals surface area contributed by atoms with Crippen molar-refractivity contribution in [3.63, 3.8) is 0 Å². The summed E-state index contributed by atoms with van der Waals surface area (Å²) in [5, 5.41) is 6.90. The number of hydrogen-bond donors (Lipinski definition) is 1. The lowest BCUT2D eigenvalue weighted by atomic mass is 10.1. The molecule has 0 bridgehead atoms. The first-order valence-corrected chi connectivity index (χ1v) is 8.97. The van der Waals surface area contributed by atoms with Crippen molar-refractivity contribution in [1.82, 2.24) is 19.7 Å². The van der Waals surface area contributed by atoms with Crippen molar-refractivity contribution in [3.8, 4) is 5.69 Å². The van der Waals surface area contributed by atoms with Gasteiger partial charge in [-0.05, 0) is 42.9 Å². The molecule has 1 atom stereocenters. The lowest BCUT2D eigenvalue weighted by Gasteiger charge is -2.25. The zero-order valence-electron chi connectivity index (χ0n) is 15.5. The van der Waals surface area contributed by atoms with E-state index in [2.05, 4.69) is 60.1 Å². The molecule has 136 valence electrons. The summed E-state index contributed by atoms with van der Waals surface area (Å²) in [6.45, 7) is 5.14. The van der Waals surface area contributed by atoms with Gasteiger partial charge in [-0.1, -0.05) is 44.2 Å². The van der Waals surface area contributed by atoms with E-state index in [1.807, 2.05) is 22.9 Å². The molecule has 0 saturated heterocycles. The number of aromatic nitrogens is 3. The fraction of sp³-hybridized carbons (Fsp3) is 0.350. The molecule has 0 spiro atoms. The molecule has 0 aliphatic rings. The van der Waals surface area contributed by atoms with E-state index in [1.165, 1.54) is 5.39 Å². The molecule has 3 rings (SSSR count). The number of nitrogens with two attached hydrogens (primary N) is 1.